The molecular formula is C13H25N3OS. The smallest absolute Gasteiger partial charge is 0.0795 e. The Kier molecular flexibility index (Phi) is 6.21. The van der Waals surface area contributed by atoms with Crippen molar-refractivity contribution in [3.8, 4) is 0 Å². The summed E-state index contributed by atoms with van der Waals surface area (Å²) in [6, 6.07) is 0.348. The Hall–Kier alpha value is -0.490. The Morgan fingerprint density at radius 2 is 2.28 bits per heavy atom. The summed E-state index contributed by atoms with van der Waals surface area (Å²) in [6.45, 7) is 6.17. The summed E-state index contributed by atoms with van der Waals surface area (Å²) in [7, 11) is 5.89. The first-order valence-electron chi connectivity index (χ1n) is 6.27. The molecule has 4 nitrogen and oxygen atoms in total. The van der Waals surface area contributed by atoms with Crippen LogP contribution in [-0.4, -0.2) is 49.3 Å². The van der Waals surface area contributed by atoms with E-state index in [1.807, 2.05) is 12.6 Å². The van der Waals surface area contributed by atoms with Gasteiger partial charge in [-0.25, -0.2) is 4.98 Å². The van der Waals surface area contributed by atoms with E-state index in [1.54, 1.807) is 18.4 Å². The van der Waals surface area contributed by atoms with E-state index < -0.39 is 0 Å². The normalized spacial score (nSPS) is 14.1. The summed E-state index contributed by atoms with van der Waals surface area (Å²) in [5, 5.41) is 5.44. The number of thiazole rings is 1. The topological polar surface area (TPSA) is 37.4 Å². The minimum atomic E-state index is -0.143. The number of rotatable bonds is 8. The molecule has 1 N–H and O–H groups in total. The third-order valence-corrected chi connectivity index (χ3v) is 4.06. The fraction of sp³-hybridized carbons (Fsp3) is 0.769. The van der Waals surface area contributed by atoms with Crippen LogP contribution < -0.4 is 5.32 Å². The maximum atomic E-state index is 5.54. The maximum absolute atomic E-state index is 5.54. The molecule has 1 atom stereocenters. The first kappa shape index (κ1) is 15.6. The van der Waals surface area contributed by atoms with Crippen LogP contribution in [0.25, 0.3) is 0 Å². The van der Waals surface area contributed by atoms with Crippen LogP contribution in [0.5, 0.6) is 0 Å². The summed E-state index contributed by atoms with van der Waals surface area (Å²) in [4.78, 5) is 6.60. The molecule has 1 heterocycles. The van der Waals surface area contributed by atoms with E-state index in [9.17, 15) is 0 Å². The van der Waals surface area contributed by atoms with Crippen LogP contribution in [0.1, 0.15) is 26.0 Å². The molecule has 0 bridgehead atoms. The van der Waals surface area contributed by atoms with Gasteiger partial charge in [0.15, 0.2) is 0 Å². The average molecular weight is 271 g/mol. The van der Waals surface area contributed by atoms with E-state index in [0.717, 1.165) is 25.2 Å². The van der Waals surface area contributed by atoms with E-state index in [4.69, 9.17) is 4.74 Å². The second-order valence-corrected chi connectivity index (χ2v) is 5.87. The van der Waals surface area contributed by atoms with E-state index >= 15 is 0 Å². The number of ether oxygens (including phenoxy) is 1. The molecule has 5 heteroatoms. The van der Waals surface area contributed by atoms with Crippen molar-refractivity contribution in [1.29, 1.82) is 0 Å². The van der Waals surface area contributed by atoms with Gasteiger partial charge in [0.2, 0.25) is 0 Å². The second kappa shape index (κ2) is 7.19. The molecule has 1 unspecified atom stereocenters. The highest BCUT2D eigenvalue weighted by Gasteiger charge is 2.27. The molecule has 0 aromatic carbocycles. The lowest BCUT2D eigenvalue weighted by atomic mass is 9.95. The highest BCUT2D eigenvalue weighted by Crippen LogP contribution is 2.17. The Morgan fingerprint density at radius 3 is 2.78 bits per heavy atom. The number of hydrogen-bond acceptors (Lipinski definition) is 5. The van der Waals surface area contributed by atoms with Crippen molar-refractivity contribution in [2.24, 2.45) is 0 Å². The van der Waals surface area contributed by atoms with Crippen LogP contribution in [-0.2, 0) is 11.3 Å². The molecule has 0 aliphatic rings. The van der Waals surface area contributed by atoms with E-state index in [2.05, 4.69) is 41.5 Å². The largest absolute Gasteiger partial charge is 0.377 e. The second-order valence-electron chi connectivity index (χ2n) is 5.16. The Balaban J connectivity index is 2.38. The number of hydrogen-bond donors (Lipinski definition) is 1. The number of nitrogens with one attached hydrogen (secondary N) is 1. The Morgan fingerprint density at radius 1 is 1.56 bits per heavy atom. The van der Waals surface area contributed by atoms with Crippen molar-refractivity contribution in [2.75, 3.05) is 27.7 Å². The molecule has 1 rings (SSSR count). The van der Waals surface area contributed by atoms with Gasteiger partial charge in [0.1, 0.15) is 0 Å². The van der Waals surface area contributed by atoms with Gasteiger partial charge in [-0.3, -0.25) is 0 Å². The predicted octanol–water partition coefficient (Wildman–Crippen LogP) is 1.98. The van der Waals surface area contributed by atoms with Crippen LogP contribution in [0, 0.1) is 0 Å². The molecule has 0 spiro atoms. The van der Waals surface area contributed by atoms with Crippen LogP contribution in [0.15, 0.2) is 10.9 Å². The van der Waals surface area contributed by atoms with Crippen molar-refractivity contribution < 1.29 is 4.74 Å². The molecule has 0 amide bonds. The van der Waals surface area contributed by atoms with Gasteiger partial charge in [0.05, 0.1) is 16.8 Å². The van der Waals surface area contributed by atoms with E-state index in [1.165, 1.54) is 0 Å². The lowest BCUT2D eigenvalue weighted by Crippen LogP contribution is -2.48. The number of likely N-dealkylation sites (N-methyl/N-ethyl adjacent to an activating group) is 1. The zero-order chi connectivity index (χ0) is 13.6. The third-order valence-electron chi connectivity index (χ3n) is 3.43. The quantitative estimate of drug-likeness (QED) is 0.784. The van der Waals surface area contributed by atoms with E-state index in [-0.39, 0.29) is 5.60 Å². The summed E-state index contributed by atoms with van der Waals surface area (Å²) in [5.41, 5.74) is 2.89. The predicted molar refractivity (Wildman–Crippen MR) is 77.0 cm³/mol. The number of methoxy groups -OCH3 is 1. The number of aromatic nitrogens is 1. The molecule has 0 aliphatic carbocycles. The fourth-order valence-electron chi connectivity index (χ4n) is 2.00. The Bertz CT molecular complexity index is 327. The van der Waals surface area contributed by atoms with Crippen molar-refractivity contribution >= 4 is 11.3 Å². The highest BCUT2D eigenvalue weighted by atomic mass is 32.1. The molecule has 0 saturated carbocycles. The van der Waals surface area contributed by atoms with Gasteiger partial charge in [0, 0.05) is 25.1 Å². The molecule has 1 aromatic rings. The van der Waals surface area contributed by atoms with Crippen LogP contribution in [0.3, 0.4) is 0 Å². The molecule has 0 saturated heterocycles. The molecule has 0 aliphatic heterocycles. The Labute approximate surface area is 114 Å². The highest BCUT2D eigenvalue weighted by molar-refractivity contribution is 7.07. The summed E-state index contributed by atoms with van der Waals surface area (Å²) in [6.07, 6.45) is 1.05. The minimum absolute atomic E-state index is 0.143. The van der Waals surface area contributed by atoms with Crippen molar-refractivity contribution in [3.63, 3.8) is 0 Å². The van der Waals surface area contributed by atoms with E-state index in [0.29, 0.717) is 6.04 Å². The first-order valence-corrected chi connectivity index (χ1v) is 7.22. The molecule has 104 valence electrons. The minimum Gasteiger partial charge on any atom is -0.377 e. The summed E-state index contributed by atoms with van der Waals surface area (Å²) in [5.74, 6) is 0. The summed E-state index contributed by atoms with van der Waals surface area (Å²) >= 11 is 1.65. The zero-order valence-corrected chi connectivity index (χ0v) is 12.9. The number of nitrogens with zero attached hydrogens (tertiary/aromatic N) is 2. The van der Waals surface area contributed by atoms with Gasteiger partial charge in [0.25, 0.3) is 0 Å². The van der Waals surface area contributed by atoms with Gasteiger partial charge in [-0.15, -0.1) is 11.3 Å². The average Bonchev–Trinajstić information content (AvgIpc) is 2.82. The fourth-order valence-corrected chi connectivity index (χ4v) is 2.55. The third kappa shape index (κ3) is 4.65. The van der Waals surface area contributed by atoms with Crippen LogP contribution in [0.2, 0.25) is 0 Å². The molecule has 0 radical (unpaired) electrons. The van der Waals surface area contributed by atoms with Gasteiger partial charge >= 0.3 is 0 Å². The van der Waals surface area contributed by atoms with Crippen molar-refractivity contribution in [1.82, 2.24) is 15.2 Å². The van der Waals surface area contributed by atoms with Gasteiger partial charge in [-0.1, -0.05) is 0 Å². The first-order chi connectivity index (χ1) is 8.49. The van der Waals surface area contributed by atoms with Crippen molar-refractivity contribution in [3.05, 3.63) is 16.6 Å². The van der Waals surface area contributed by atoms with Gasteiger partial charge in [-0.05, 0) is 40.9 Å². The van der Waals surface area contributed by atoms with Crippen molar-refractivity contribution in [2.45, 2.75) is 38.5 Å². The lowest BCUT2D eigenvalue weighted by molar-refractivity contribution is -0.0124. The monoisotopic (exact) mass is 271 g/mol. The molecule has 18 heavy (non-hydrogen) atoms. The maximum Gasteiger partial charge on any atom is 0.0795 e. The van der Waals surface area contributed by atoms with Gasteiger partial charge in [-0.2, -0.15) is 0 Å². The lowest BCUT2D eigenvalue weighted by Gasteiger charge is -2.34. The van der Waals surface area contributed by atoms with Crippen LogP contribution >= 0.6 is 11.3 Å². The molecule has 1 aromatic heterocycles. The molecule has 0 fully saturated rings. The summed E-state index contributed by atoms with van der Waals surface area (Å²) < 4.78 is 5.54. The SMILES string of the molecule is CNC(CCN(C)Cc1cscn1)C(C)(C)OC. The van der Waals surface area contributed by atoms with Crippen LogP contribution in [0.4, 0.5) is 0 Å². The van der Waals surface area contributed by atoms with Gasteiger partial charge < -0.3 is 15.0 Å². The molecular weight excluding hydrogens is 246 g/mol. The standard InChI is InChI=1S/C13H25N3OS/c1-13(2,17-5)12(14-3)6-7-16(4)8-11-9-18-10-15-11/h9-10,12,14H,6-8H2,1-5H3. The zero-order valence-electron chi connectivity index (χ0n) is 12.1.